The first-order chi connectivity index (χ1) is 43.6. The van der Waals surface area contributed by atoms with E-state index >= 15 is 0 Å². The number of unbranched alkanes of at least 4 members (excludes halogenated alkanes) is 34. The molecule has 0 aliphatic carbocycles. The van der Waals surface area contributed by atoms with Crippen LogP contribution < -0.4 is 0 Å². The molecule has 0 aromatic rings. The van der Waals surface area contributed by atoms with Gasteiger partial charge in [-0.25, -0.2) is 9.13 Å². The molecule has 0 aromatic heterocycles. The van der Waals surface area contributed by atoms with Crippen LogP contribution in [0.5, 0.6) is 0 Å². The summed E-state index contributed by atoms with van der Waals surface area (Å²) < 4.78 is 68.4. The molecule has 0 aromatic carbocycles. The van der Waals surface area contributed by atoms with E-state index in [2.05, 4.69) is 55.4 Å². The Balaban J connectivity index is 5.25. The largest absolute Gasteiger partial charge is 0.472 e. The molecule has 0 saturated heterocycles. The number of carbonyl (C=O) groups is 4. The predicted molar refractivity (Wildman–Crippen MR) is 367 cm³/mol. The average molecular weight is 1340 g/mol. The number of esters is 4. The monoisotopic (exact) mass is 1340 g/mol. The molecular formula is C72H140O17P2. The first-order valence-electron chi connectivity index (χ1n) is 37.2. The van der Waals surface area contributed by atoms with E-state index in [1.165, 1.54) is 154 Å². The Labute approximate surface area is 556 Å². The summed E-state index contributed by atoms with van der Waals surface area (Å²) in [5.74, 6) is 0.886. The molecule has 0 aliphatic heterocycles. The van der Waals surface area contributed by atoms with E-state index in [0.717, 1.165) is 114 Å². The first-order valence-corrected chi connectivity index (χ1v) is 40.2. The summed E-state index contributed by atoms with van der Waals surface area (Å²) in [5, 5.41) is 10.6. The lowest BCUT2D eigenvalue weighted by atomic mass is 9.99. The molecule has 17 nitrogen and oxygen atoms in total. The molecule has 4 unspecified atom stereocenters. The van der Waals surface area contributed by atoms with Crippen molar-refractivity contribution in [3.8, 4) is 0 Å². The zero-order chi connectivity index (χ0) is 67.5. The molecule has 6 atom stereocenters. The van der Waals surface area contributed by atoms with E-state index in [0.29, 0.717) is 31.6 Å². The Morgan fingerprint density at radius 3 is 0.780 bits per heavy atom. The Kier molecular flexibility index (Phi) is 60.3. The second-order valence-electron chi connectivity index (χ2n) is 27.6. The lowest BCUT2D eigenvalue weighted by Gasteiger charge is -2.21. The Morgan fingerprint density at radius 1 is 0.308 bits per heavy atom. The van der Waals surface area contributed by atoms with Gasteiger partial charge >= 0.3 is 39.5 Å². The van der Waals surface area contributed by atoms with Crippen molar-refractivity contribution in [1.29, 1.82) is 0 Å². The molecule has 0 amide bonds. The average Bonchev–Trinajstić information content (AvgIpc) is 3.69. The Bertz CT molecular complexity index is 1800. The highest BCUT2D eigenvalue weighted by atomic mass is 31.2. The molecule has 0 aliphatic rings. The third-order valence-electron chi connectivity index (χ3n) is 16.9. The van der Waals surface area contributed by atoms with Gasteiger partial charge in [0.05, 0.1) is 26.4 Å². The summed E-state index contributed by atoms with van der Waals surface area (Å²) in [5.41, 5.74) is 0. The van der Waals surface area contributed by atoms with Crippen molar-refractivity contribution in [1.82, 2.24) is 0 Å². The van der Waals surface area contributed by atoms with Crippen molar-refractivity contribution in [2.75, 3.05) is 39.6 Å². The van der Waals surface area contributed by atoms with Crippen molar-refractivity contribution in [3.05, 3.63) is 0 Å². The lowest BCUT2D eigenvalue weighted by Crippen LogP contribution is -2.30. The van der Waals surface area contributed by atoms with Crippen molar-refractivity contribution >= 4 is 39.5 Å². The normalized spacial score (nSPS) is 14.5. The molecule has 0 saturated carbocycles. The molecule has 19 heteroatoms. The minimum Gasteiger partial charge on any atom is -0.462 e. The van der Waals surface area contributed by atoms with Crippen molar-refractivity contribution < 1.29 is 80.2 Å². The van der Waals surface area contributed by atoms with E-state index < -0.39 is 97.5 Å². The van der Waals surface area contributed by atoms with E-state index in [4.69, 9.17) is 37.0 Å². The minimum absolute atomic E-state index is 0.104. The van der Waals surface area contributed by atoms with Crippen LogP contribution in [0.25, 0.3) is 0 Å². The topological polar surface area (TPSA) is 237 Å². The fourth-order valence-corrected chi connectivity index (χ4v) is 12.4. The van der Waals surface area contributed by atoms with Crippen LogP contribution in [0.4, 0.5) is 0 Å². The molecular weight excluding hydrogens is 1200 g/mol. The van der Waals surface area contributed by atoms with Crippen LogP contribution in [-0.2, 0) is 65.4 Å². The molecule has 0 bridgehead atoms. The van der Waals surface area contributed by atoms with E-state index in [-0.39, 0.29) is 25.7 Å². The van der Waals surface area contributed by atoms with Crippen LogP contribution in [0.15, 0.2) is 0 Å². The highest BCUT2D eigenvalue weighted by Crippen LogP contribution is 2.45. The molecule has 3 N–H and O–H groups in total. The van der Waals surface area contributed by atoms with Crippen LogP contribution in [0.2, 0.25) is 0 Å². The predicted octanol–water partition coefficient (Wildman–Crippen LogP) is 20.5. The minimum atomic E-state index is -4.95. The van der Waals surface area contributed by atoms with Crippen LogP contribution in [0.3, 0.4) is 0 Å². The highest BCUT2D eigenvalue weighted by Gasteiger charge is 2.30. The second-order valence-corrected chi connectivity index (χ2v) is 30.6. The molecule has 0 spiro atoms. The van der Waals surface area contributed by atoms with Gasteiger partial charge in [-0.3, -0.25) is 37.3 Å². The van der Waals surface area contributed by atoms with Crippen LogP contribution in [-0.4, -0.2) is 96.7 Å². The molecule has 0 rings (SSSR count). The van der Waals surface area contributed by atoms with Gasteiger partial charge in [-0.05, 0) is 49.4 Å². The Morgan fingerprint density at radius 2 is 0.527 bits per heavy atom. The lowest BCUT2D eigenvalue weighted by molar-refractivity contribution is -0.161. The summed E-state index contributed by atoms with van der Waals surface area (Å²) in [6.07, 6.45) is 44.5. The standard InChI is InChI=1S/C72H140O17P2/c1-9-65(8)51-43-35-27-21-22-28-36-44-52-69(74)82-58-67(88-71(76)54-46-38-29-19-15-13-11-10-12-14-17-24-32-40-48-62(2)3)60-86-90(78,79)84-56-66(73)57-85-91(80,81)87-61-68(59-83-70(75)53-45-37-31-23-26-34-42-50-64(6)7)89-72(77)55-47-39-30-20-16-18-25-33-41-49-63(4)5/h62-68,73H,9-61H2,1-8H3,(H,78,79)(H,80,81)/t65?,66?,67-,68-/m1/s1. The van der Waals surface area contributed by atoms with Gasteiger partial charge in [0.25, 0.3) is 0 Å². The van der Waals surface area contributed by atoms with Gasteiger partial charge in [0.2, 0.25) is 0 Å². The zero-order valence-corrected chi connectivity index (χ0v) is 61.3. The molecule has 0 heterocycles. The van der Waals surface area contributed by atoms with Crippen LogP contribution >= 0.6 is 15.6 Å². The van der Waals surface area contributed by atoms with Crippen molar-refractivity contribution in [2.45, 2.75) is 375 Å². The quantitative estimate of drug-likeness (QED) is 0.0222. The van der Waals surface area contributed by atoms with Gasteiger partial charge in [0, 0.05) is 25.7 Å². The maximum absolute atomic E-state index is 13.0. The fourth-order valence-electron chi connectivity index (χ4n) is 10.8. The van der Waals surface area contributed by atoms with Gasteiger partial charge < -0.3 is 33.8 Å². The number of ether oxygens (including phenoxy) is 4. The fraction of sp³-hybridized carbons (Fsp3) is 0.944. The number of hydrogen-bond donors (Lipinski definition) is 3. The summed E-state index contributed by atoms with van der Waals surface area (Å²) in [4.78, 5) is 72.6. The van der Waals surface area contributed by atoms with Gasteiger partial charge in [0.1, 0.15) is 19.3 Å². The van der Waals surface area contributed by atoms with E-state index in [1.54, 1.807) is 0 Å². The summed E-state index contributed by atoms with van der Waals surface area (Å²) in [6, 6.07) is 0. The zero-order valence-electron chi connectivity index (χ0n) is 59.5. The number of aliphatic hydroxyl groups excluding tert-OH is 1. The third-order valence-corrected chi connectivity index (χ3v) is 18.8. The maximum atomic E-state index is 13.0. The van der Waals surface area contributed by atoms with Gasteiger partial charge in [-0.1, -0.05) is 306 Å². The van der Waals surface area contributed by atoms with Gasteiger partial charge in [-0.2, -0.15) is 0 Å². The summed E-state index contributed by atoms with van der Waals surface area (Å²) >= 11 is 0. The van der Waals surface area contributed by atoms with Crippen LogP contribution in [0.1, 0.15) is 357 Å². The number of phosphoric acid groups is 2. The first kappa shape index (κ1) is 89.1. The molecule has 91 heavy (non-hydrogen) atoms. The maximum Gasteiger partial charge on any atom is 0.472 e. The SMILES string of the molecule is CCC(C)CCCCCCCCCCC(=O)OC[C@H](COP(=O)(O)OCC(O)COP(=O)(O)OC[C@@H](COC(=O)CCCCCCCCCC(C)C)OC(=O)CCCCCCCCCCCC(C)C)OC(=O)CCCCCCCCCCCCCCCCC(C)C. The molecule has 0 fully saturated rings. The van der Waals surface area contributed by atoms with Crippen LogP contribution in [0, 0.1) is 23.7 Å². The Hall–Kier alpha value is -1.94. The number of rotatable bonds is 69. The molecule has 0 radical (unpaired) electrons. The number of aliphatic hydroxyl groups is 1. The van der Waals surface area contributed by atoms with Crippen molar-refractivity contribution in [2.24, 2.45) is 23.7 Å². The number of carbonyl (C=O) groups excluding carboxylic acids is 4. The third kappa shape index (κ3) is 65.1. The van der Waals surface area contributed by atoms with E-state index in [1.807, 2.05) is 0 Å². The smallest absolute Gasteiger partial charge is 0.462 e. The van der Waals surface area contributed by atoms with E-state index in [9.17, 15) is 43.2 Å². The number of hydrogen-bond acceptors (Lipinski definition) is 15. The summed E-state index contributed by atoms with van der Waals surface area (Å²) in [6.45, 7) is 14.1. The van der Waals surface area contributed by atoms with Gasteiger partial charge in [-0.15, -0.1) is 0 Å². The number of phosphoric ester groups is 2. The molecule has 540 valence electrons. The van der Waals surface area contributed by atoms with Gasteiger partial charge in [0.15, 0.2) is 12.2 Å². The summed E-state index contributed by atoms with van der Waals surface area (Å²) in [7, 11) is -9.91. The highest BCUT2D eigenvalue weighted by molar-refractivity contribution is 7.47. The van der Waals surface area contributed by atoms with Crippen molar-refractivity contribution in [3.63, 3.8) is 0 Å². The second kappa shape index (κ2) is 61.6.